The van der Waals surface area contributed by atoms with Crippen molar-refractivity contribution in [2.24, 2.45) is 11.3 Å². The van der Waals surface area contributed by atoms with Crippen molar-refractivity contribution < 1.29 is 4.79 Å². The highest BCUT2D eigenvalue weighted by molar-refractivity contribution is 9.09. The Balaban J connectivity index is 3.71. The molecule has 0 radical (unpaired) electrons. The van der Waals surface area contributed by atoms with Gasteiger partial charge < -0.3 is 5.32 Å². The Bertz CT molecular complexity index is 175. The lowest BCUT2D eigenvalue weighted by Gasteiger charge is -2.22. The van der Waals surface area contributed by atoms with E-state index in [1.807, 2.05) is 0 Å². The first kappa shape index (κ1) is 13.9. The van der Waals surface area contributed by atoms with Crippen LogP contribution in [0.3, 0.4) is 0 Å². The van der Waals surface area contributed by atoms with Crippen LogP contribution in [0, 0.1) is 11.3 Å². The van der Waals surface area contributed by atoms with Crippen molar-refractivity contribution in [1.29, 1.82) is 0 Å². The molecule has 0 fully saturated rings. The third-order valence-electron chi connectivity index (χ3n) is 1.91. The molecule has 0 aromatic carbocycles. The second kappa shape index (κ2) is 6.44. The van der Waals surface area contributed by atoms with Crippen molar-refractivity contribution in [3.05, 3.63) is 0 Å². The van der Waals surface area contributed by atoms with Crippen LogP contribution in [0.2, 0.25) is 0 Å². The molecule has 84 valence electrons. The van der Waals surface area contributed by atoms with Gasteiger partial charge >= 0.3 is 0 Å². The van der Waals surface area contributed by atoms with Crippen LogP contribution < -0.4 is 5.32 Å². The zero-order valence-electron chi connectivity index (χ0n) is 9.69. The fourth-order valence-electron chi connectivity index (χ4n) is 1.69. The average Bonchev–Trinajstić information content (AvgIpc) is 1.96. The molecule has 2 nitrogen and oxygen atoms in total. The van der Waals surface area contributed by atoms with Gasteiger partial charge in [0.2, 0.25) is 5.91 Å². The monoisotopic (exact) mass is 263 g/mol. The van der Waals surface area contributed by atoms with E-state index in [1.165, 1.54) is 0 Å². The Morgan fingerprint density at radius 3 is 2.43 bits per heavy atom. The third kappa shape index (κ3) is 8.54. The summed E-state index contributed by atoms with van der Waals surface area (Å²) in [6, 6.07) is 0. The van der Waals surface area contributed by atoms with Crippen LogP contribution in [0.25, 0.3) is 0 Å². The molecule has 0 saturated carbocycles. The topological polar surface area (TPSA) is 29.1 Å². The number of rotatable bonds is 5. The number of halogens is 1. The molecule has 0 rings (SSSR count). The first-order chi connectivity index (χ1) is 6.35. The van der Waals surface area contributed by atoms with E-state index in [1.54, 1.807) is 0 Å². The van der Waals surface area contributed by atoms with E-state index in [-0.39, 0.29) is 5.91 Å². The van der Waals surface area contributed by atoms with Gasteiger partial charge in [-0.2, -0.15) is 0 Å². The van der Waals surface area contributed by atoms with Gasteiger partial charge in [-0.1, -0.05) is 43.6 Å². The molecule has 3 heteroatoms. The van der Waals surface area contributed by atoms with Crippen LogP contribution in [0.5, 0.6) is 0 Å². The molecule has 0 aromatic rings. The fourth-order valence-corrected chi connectivity index (χ4v) is 1.89. The zero-order valence-corrected chi connectivity index (χ0v) is 11.3. The summed E-state index contributed by atoms with van der Waals surface area (Å²) in [5.41, 5.74) is 0.315. The lowest BCUT2D eigenvalue weighted by molar-refractivity contribution is -0.121. The largest absolute Gasteiger partial charge is 0.355 e. The number of hydrogen-bond acceptors (Lipinski definition) is 1. The Labute approximate surface area is 96.0 Å². The summed E-state index contributed by atoms with van der Waals surface area (Å²) in [5, 5.41) is 3.69. The fraction of sp³-hybridized carbons (Fsp3) is 0.909. The molecular weight excluding hydrogens is 242 g/mol. The Morgan fingerprint density at radius 1 is 1.43 bits per heavy atom. The second-order valence-corrected chi connectivity index (χ2v) is 5.91. The molecule has 1 N–H and O–H groups in total. The van der Waals surface area contributed by atoms with Gasteiger partial charge in [-0.05, 0) is 17.8 Å². The number of carbonyl (C=O) groups is 1. The SMILES string of the molecule is CC(CC(=O)NCCBr)CC(C)(C)C. The smallest absolute Gasteiger partial charge is 0.220 e. The lowest BCUT2D eigenvalue weighted by Crippen LogP contribution is -2.27. The van der Waals surface area contributed by atoms with Gasteiger partial charge in [0.1, 0.15) is 0 Å². The van der Waals surface area contributed by atoms with Gasteiger partial charge in [0.25, 0.3) is 0 Å². The standard InChI is InChI=1S/C11H22BrNO/c1-9(8-11(2,3)4)7-10(14)13-6-5-12/h9H,5-8H2,1-4H3,(H,13,14). The molecule has 1 amide bonds. The summed E-state index contributed by atoms with van der Waals surface area (Å²) in [6.07, 6.45) is 1.74. The predicted octanol–water partition coefficient (Wildman–Crippen LogP) is 2.96. The molecule has 1 unspecified atom stereocenters. The quantitative estimate of drug-likeness (QED) is 0.760. The van der Waals surface area contributed by atoms with Crippen LogP contribution in [-0.4, -0.2) is 17.8 Å². The molecule has 0 saturated heterocycles. The van der Waals surface area contributed by atoms with Crippen LogP contribution in [0.1, 0.15) is 40.5 Å². The van der Waals surface area contributed by atoms with E-state index in [0.717, 1.165) is 18.3 Å². The van der Waals surface area contributed by atoms with E-state index in [0.29, 0.717) is 17.8 Å². The molecule has 1 atom stereocenters. The lowest BCUT2D eigenvalue weighted by atomic mass is 9.84. The maximum Gasteiger partial charge on any atom is 0.220 e. The summed E-state index contributed by atoms with van der Waals surface area (Å²) in [7, 11) is 0. The molecule has 0 bridgehead atoms. The minimum Gasteiger partial charge on any atom is -0.355 e. The average molecular weight is 264 g/mol. The normalized spacial score (nSPS) is 13.8. The summed E-state index contributed by atoms with van der Waals surface area (Å²) >= 11 is 3.28. The first-order valence-electron chi connectivity index (χ1n) is 5.18. The molecule has 0 aliphatic heterocycles. The van der Waals surface area contributed by atoms with Gasteiger partial charge in [-0.3, -0.25) is 4.79 Å². The molecular formula is C11H22BrNO. The third-order valence-corrected chi connectivity index (χ3v) is 2.31. The van der Waals surface area contributed by atoms with E-state index in [9.17, 15) is 4.79 Å². The van der Waals surface area contributed by atoms with E-state index < -0.39 is 0 Å². The number of alkyl halides is 1. The Kier molecular flexibility index (Phi) is 6.41. The second-order valence-electron chi connectivity index (χ2n) is 5.11. The zero-order chi connectivity index (χ0) is 11.2. The van der Waals surface area contributed by atoms with Crippen molar-refractivity contribution >= 4 is 21.8 Å². The van der Waals surface area contributed by atoms with Gasteiger partial charge in [0.15, 0.2) is 0 Å². The van der Waals surface area contributed by atoms with Crippen LogP contribution >= 0.6 is 15.9 Å². The Hall–Kier alpha value is -0.0500. The number of carbonyl (C=O) groups excluding carboxylic acids is 1. The van der Waals surface area contributed by atoms with Gasteiger partial charge in [0.05, 0.1) is 0 Å². The van der Waals surface area contributed by atoms with Crippen molar-refractivity contribution in [3.8, 4) is 0 Å². The highest BCUT2D eigenvalue weighted by atomic mass is 79.9. The Morgan fingerprint density at radius 2 is 2.00 bits per heavy atom. The van der Waals surface area contributed by atoms with Gasteiger partial charge in [-0.15, -0.1) is 0 Å². The minimum atomic E-state index is 0.168. The maximum absolute atomic E-state index is 11.4. The highest BCUT2D eigenvalue weighted by Gasteiger charge is 2.17. The van der Waals surface area contributed by atoms with Crippen LogP contribution in [-0.2, 0) is 4.79 Å². The van der Waals surface area contributed by atoms with Gasteiger partial charge in [-0.25, -0.2) is 0 Å². The summed E-state index contributed by atoms with van der Waals surface area (Å²) in [4.78, 5) is 11.4. The van der Waals surface area contributed by atoms with E-state index in [2.05, 4.69) is 48.9 Å². The van der Waals surface area contributed by atoms with E-state index in [4.69, 9.17) is 0 Å². The number of nitrogens with one attached hydrogen (secondary N) is 1. The van der Waals surface area contributed by atoms with Crippen molar-refractivity contribution in [3.63, 3.8) is 0 Å². The first-order valence-corrected chi connectivity index (χ1v) is 6.30. The summed E-state index contributed by atoms with van der Waals surface area (Å²) < 4.78 is 0. The maximum atomic E-state index is 11.4. The molecule has 0 aliphatic carbocycles. The minimum absolute atomic E-state index is 0.168. The summed E-state index contributed by atoms with van der Waals surface area (Å²) in [6.45, 7) is 9.49. The van der Waals surface area contributed by atoms with Crippen molar-refractivity contribution in [1.82, 2.24) is 5.32 Å². The van der Waals surface area contributed by atoms with Crippen LogP contribution in [0.15, 0.2) is 0 Å². The molecule has 0 spiro atoms. The molecule has 14 heavy (non-hydrogen) atoms. The predicted molar refractivity (Wildman–Crippen MR) is 64.7 cm³/mol. The van der Waals surface area contributed by atoms with Crippen LogP contribution in [0.4, 0.5) is 0 Å². The molecule has 0 aliphatic rings. The molecule has 0 aromatic heterocycles. The number of hydrogen-bond donors (Lipinski definition) is 1. The molecule has 0 heterocycles. The summed E-state index contributed by atoms with van der Waals surface area (Å²) in [5.74, 6) is 0.631. The highest BCUT2D eigenvalue weighted by Crippen LogP contribution is 2.25. The van der Waals surface area contributed by atoms with E-state index >= 15 is 0 Å². The number of amides is 1. The van der Waals surface area contributed by atoms with Gasteiger partial charge in [0, 0.05) is 18.3 Å². The van der Waals surface area contributed by atoms with Crippen molar-refractivity contribution in [2.75, 3.05) is 11.9 Å². The van der Waals surface area contributed by atoms with Crippen molar-refractivity contribution in [2.45, 2.75) is 40.5 Å².